The van der Waals surface area contributed by atoms with Crippen molar-refractivity contribution in [2.45, 2.75) is 32.6 Å². The van der Waals surface area contributed by atoms with Crippen LogP contribution in [0.15, 0.2) is 60.7 Å². The molecule has 0 aliphatic heterocycles. The molecule has 0 bridgehead atoms. The Labute approximate surface area is 111 Å². The summed E-state index contributed by atoms with van der Waals surface area (Å²) >= 11 is 0. The zero-order chi connectivity index (χ0) is 13.0. The van der Waals surface area contributed by atoms with Crippen molar-refractivity contribution in [1.82, 2.24) is 0 Å². The van der Waals surface area contributed by atoms with E-state index in [-0.39, 0.29) is 5.41 Å². The van der Waals surface area contributed by atoms with Gasteiger partial charge >= 0.3 is 0 Å². The molecular formula is C18H21. The third-order valence-electron chi connectivity index (χ3n) is 3.91. The second kappa shape index (κ2) is 5.39. The minimum absolute atomic E-state index is 0.114. The van der Waals surface area contributed by atoms with Crippen LogP contribution < -0.4 is 0 Å². The third kappa shape index (κ3) is 2.64. The SMILES string of the molecule is C[C](C)C(C)(Cc1ccccc1)c1ccccc1. The Morgan fingerprint density at radius 2 is 1.33 bits per heavy atom. The first-order valence-corrected chi connectivity index (χ1v) is 6.53. The van der Waals surface area contributed by atoms with Crippen molar-refractivity contribution in [2.24, 2.45) is 0 Å². The van der Waals surface area contributed by atoms with Gasteiger partial charge in [-0.2, -0.15) is 0 Å². The summed E-state index contributed by atoms with van der Waals surface area (Å²) in [5, 5.41) is 0. The molecule has 18 heavy (non-hydrogen) atoms. The van der Waals surface area contributed by atoms with E-state index >= 15 is 0 Å². The lowest BCUT2D eigenvalue weighted by Gasteiger charge is -2.34. The lowest BCUT2D eigenvalue weighted by Crippen LogP contribution is -2.29. The van der Waals surface area contributed by atoms with Crippen molar-refractivity contribution < 1.29 is 0 Å². The highest BCUT2D eigenvalue weighted by molar-refractivity contribution is 5.34. The van der Waals surface area contributed by atoms with Crippen molar-refractivity contribution in [3.05, 3.63) is 77.7 Å². The molecule has 0 aliphatic rings. The lowest BCUT2D eigenvalue weighted by atomic mass is 9.69. The summed E-state index contributed by atoms with van der Waals surface area (Å²) in [7, 11) is 0. The molecule has 0 amide bonds. The van der Waals surface area contributed by atoms with Crippen LogP contribution in [0.4, 0.5) is 0 Å². The Kier molecular flexibility index (Phi) is 3.86. The first-order chi connectivity index (χ1) is 8.63. The summed E-state index contributed by atoms with van der Waals surface area (Å²) < 4.78 is 0. The van der Waals surface area contributed by atoms with E-state index in [1.807, 2.05) is 0 Å². The number of rotatable bonds is 4. The predicted octanol–water partition coefficient (Wildman–Crippen LogP) is 4.80. The van der Waals surface area contributed by atoms with Crippen molar-refractivity contribution in [1.29, 1.82) is 0 Å². The second-order valence-electron chi connectivity index (χ2n) is 5.36. The number of hydrogen-bond acceptors (Lipinski definition) is 0. The van der Waals surface area contributed by atoms with E-state index in [2.05, 4.69) is 81.4 Å². The minimum atomic E-state index is 0.114. The Balaban J connectivity index is 2.34. The topological polar surface area (TPSA) is 0 Å². The molecule has 0 spiro atoms. The zero-order valence-electron chi connectivity index (χ0n) is 11.5. The van der Waals surface area contributed by atoms with Gasteiger partial charge < -0.3 is 0 Å². The molecule has 2 aromatic rings. The molecule has 1 atom stereocenters. The average Bonchev–Trinajstić information content (AvgIpc) is 2.40. The quantitative estimate of drug-likeness (QED) is 0.716. The first-order valence-electron chi connectivity index (χ1n) is 6.53. The average molecular weight is 237 g/mol. The minimum Gasteiger partial charge on any atom is -0.0622 e. The molecule has 0 nitrogen and oxygen atoms in total. The maximum Gasteiger partial charge on any atom is 0.00216 e. The van der Waals surface area contributed by atoms with Crippen LogP contribution in [0.3, 0.4) is 0 Å². The smallest absolute Gasteiger partial charge is 0.00216 e. The van der Waals surface area contributed by atoms with Crippen molar-refractivity contribution in [3.8, 4) is 0 Å². The monoisotopic (exact) mass is 237 g/mol. The highest BCUT2D eigenvalue weighted by atomic mass is 14.3. The van der Waals surface area contributed by atoms with E-state index in [0.29, 0.717) is 0 Å². The van der Waals surface area contributed by atoms with Gasteiger partial charge in [0.05, 0.1) is 0 Å². The Morgan fingerprint density at radius 1 is 0.833 bits per heavy atom. The highest BCUT2D eigenvalue weighted by Crippen LogP contribution is 2.36. The van der Waals surface area contributed by atoms with Gasteiger partial charge in [-0.25, -0.2) is 0 Å². The molecule has 0 heterocycles. The van der Waals surface area contributed by atoms with E-state index in [1.54, 1.807) is 0 Å². The molecule has 0 saturated carbocycles. The summed E-state index contributed by atoms with van der Waals surface area (Å²) in [6, 6.07) is 21.5. The lowest BCUT2D eigenvalue weighted by molar-refractivity contribution is 0.489. The van der Waals surface area contributed by atoms with Crippen molar-refractivity contribution in [2.75, 3.05) is 0 Å². The van der Waals surface area contributed by atoms with Gasteiger partial charge in [0.25, 0.3) is 0 Å². The van der Waals surface area contributed by atoms with E-state index in [9.17, 15) is 0 Å². The fourth-order valence-corrected chi connectivity index (χ4v) is 2.38. The molecular weight excluding hydrogens is 216 g/mol. The molecule has 1 radical (unpaired) electrons. The standard InChI is InChI=1S/C18H21/c1-15(2)18(3,17-12-8-5-9-13-17)14-16-10-6-4-7-11-16/h4-13H,14H2,1-3H3. The molecule has 0 aromatic heterocycles. The molecule has 0 N–H and O–H groups in total. The maximum absolute atomic E-state index is 2.34. The van der Waals surface area contributed by atoms with Gasteiger partial charge in [-0.15, -0.1) is 0 Å². The Morgan fingerprint density at radius 3 is 1.83 bits per heavy atom. The van der Waals surface area contributed by atoms with Gasteiger partial charge in [-0.3, -0.25) is 0 Å². The fraction of sp³-hybridized carbons (Fsp3) is 0.278. The largest absolute Gasteiger partial charge is 0.0622 e. The van der Waals surface area contributed by atoms with Crippen LogP contribution in [0, 0.1) is 5.92 Å². The molecule has 0 heteroatoms. The van der Waals surface area contributed by atoms with Gasteiger partial charge in [0.15, 0.2) is 0 Å². The van der Waals surface area contributed by atoms with Gasteiger partial charge in [0.2, 0.25) is 0 Å². The summed E-state index contributed by atoms with van der Waals surface area (Å²) in [5.74, 6) is 1.46. The van der Waals surface area contributed by atoms with Crippen LogP contribution in [-0.2, 0) is 11.8 Å². The van der Waals surface area contributed by atoms with Gasteiger partial charge in [-0.05, 0) is 23.5 Å². The second-order valence-corrected chi connectivity index (χ2v) is 5.36. The highest BCUT2D eigenvalue weighted by Gasteiger charge is 2.30. The molecule has 2 rings (SSSR count). The fourth-order valence-electron chi connectivity index (χ4n) is 2.38. The van der Waals surface area contributed by atoms with Gasteiger partial charge in [0, 0.05) is 5.41 Å². The van der Waals surface area contributed by atoms with Crippen molar-refractivity contribution >= 4 is 0 Å². The van der Waals surface area contributed by atoms with Gasteiger partial charge in [0.1, 0.15) is 0 Å². The van der Waals surface area contributed by atoms with Crippen LogP contribution in [0.5, 0.6) is 0 Å². The zero-order valence-corrected chi connectivity index (χ0v) is 11.5. The molecule has 0 fully saturated rings. The van der Waals surface area contributed by atoms with Crippen LogP contribution in [0.25, 0.3) is 0 Å². The number of benzene rings is 2. The normalized spacial score (nSPS) is 14.4. The predicted molar refractivity (Wildman–Crippen MR) is 78.5 cm³/mol. The van der Waals surface area contributed by atoms with Gasteiger partial charge in [-0.1, -0.05) is 81.4 Å². The molecule has 0 aliphatic carbocycles. The Hall–Kier alpha value is -1.56. The third-order valence-corrected chi connectivity index (χ3v) is 3.91. The maximum atomic E-state index is 2.34. The van der Waals surface area contributed by atoms with Crippen LogP contribution in [-0.4, -0.2) is 0 Å². The van der Waals surface area contributed by atoms with E-state index in [1.165, 1.54) is 17.0 Å². The van der Waals surface area contributed by atoms with Crippen molar-refractivity contribution in [3.63, 3.8) is 0 Å². The number of hydrogen-bond donors (Lipinski definition) is 0. The first kappa shape index (κ1) is 12.9. The van der Waals surface area contributed by atoms with Crippen LogP contribution >= 0.6 is 0 Å². The van der Waals surface area contributed by atoms with E-state index in [4.69, 9.17) is 0 Å². The Bertz CT molecular complexity index is 470. The van der Waals surface area contributed by atoms with Crippen LogP contribution in [0.1, 0.15) is 31.9 Å². The van der Waals surface area contributed by atoms with Crippen LogP contribution in [0.2, 0.25) is 0 Å². The summed E-state index contributed by atoms with van der Waals surface area (Å²) in [5.41, 5.74) is 2.90. The molecule has 0 saturated heterocycles. The van der Waals surface area contributed by atoms with E-state index in [0.717, 1.165) is 6.42 Å². The van der Waals surface area contributed by atoms with E-state index < -0.39 is 0 Å². The molecule has 93 valence electrons. The summed E-state index contributed by atoms with van der Waals surface area (Å²) in [4.78, 5) is 0. The summed E-state index contributed by atoms with van der Waals surface area (Å²) in [6.45, 7) is 6.80. The molecule has 2 aromatic carbocycles. The molecule has 1 unspecified atom stereocenters. The summed E-state index contributed by atoms with van der Waals surface area (Å²) in [6.07, 6.45) is 1.06.